The molecular weight excluding hydrogens is 214 g/mol. The number of anilines is 1. The molecule has 0 saturated heterocycles. The topological polar surface area (TPSA) is 69.1 Å². The number of imidazole rings is 1. The van der Waals surface area contributed by atoms with Gasteiger partial charge in [-0.1, -0.05) is 6.07 Å². The summed E-state index contributed by atoms with van der Waals surface area (Å²) in [5.41, 5.74) is 9.31. The number of rotatable bonds is 1. The Hall–Kier alpha value is -2.43. The van der Waals surface area contributed by atoms with Crippen LogP contribution in [0.3, 0.4) is 0 Å². The molecule has 3 aromatic rings. The van der Waals surface area contributed by atoms with Crippen LogP contribution in [-0.2, 0) is 0 Å². The van der Waals surface area contributed by atoms with Crippen molar-refractivity contribution in [1.29, 1.82) is 0 Å². The minimum atomic E-state index is 0.280. The summed E-state index contributed by atoms with van der Waals surface area (Å²) >= 11 is 0. The first-order valence-electron chi connectivity index (χ1n) is 5.27. The van der Waals surface area contributed by atoms with Crippen LogP contribution in [0.25, 0.3) is 17.0 Å². The van der Waals surface area contributed by atoms with E-state index in [0.29, 0.717) is 0 Å². The van der Waals surface area contributed by atoms with Crippen LogP contribution in [0.4, 0.5) is 5.95 Å². The summed E-state index contributed by atoms with van der Waals surface area (Å²) in [6.07, 6.45) is 5.40. The van der Waals surface area contributed by atoms with Gasteiger partial charge in [0.1, 0.15) is 5.65 Å². The third kappa shape index (κ3) is 1.52. The number of nitrogens with two attached hydrogens (primary N) is 1. The number of nitrogen functional groups attached to an aromatic ring is 1. The van der Waals surface area contributed by atoms with E-state index in [2.05, 4.69) is 15.0 Å². The lowest BCUT2D eigenvalue weighted by Crippen LogP contribution is -2.01. The van der Waals surface area contributed by atoms with Crippen LogP contribution in [0, 0.1) is 6.92 Å². The second kappa shape index (κ2) is 3.55. The molecule has 2 N–H and O–H groups in total. The molecule has 0 aliphatic carbocycles. The summed E-state index contributed by atoms with van der Waals surface area (Å²) < 4.78 is 1.98. The molecule has 0 spiro atoms. The molecule has 0 bridgehead atoms. The van der Waals surface area contributed by atoms with Crippen LogP contribution >= 0.6 is 0 Å². The molecule has 0 radical (unpaired) electrons. The van der Waals surface area contributed by atoms with Crippen molar-refractivity contribution in [3.63, 3.8) is 0 Å². The van der Waals surface area contributed by atoms with Crippen molar-refractivity contribution in [2.75, 3.05) is 5.73 Å². The fourth-order valence-corrected chi connectivity index (χ4v) is 1.86. The molecule has 0 amide bonds. The van der Waals surface area contributed by atoms with Crippen LogP contribution < -0.4 is 5.73 Å². The van der Waals surface area contributed by atoms with Gasteiger partial charge in [-0.25, -0.2) is 15.0 Å². The van der Waals surface area contributed by atoms with E-state index < -0.39 is 0 Å². The van der Waals surface area contributed by atoms with Crippen LogP contribution in [0.15, 0.2) is 36.8 Å². The highest BCUT2D eigenvalue weighted by molar-refractivity contribution is 5.63. The highest BCUT2D eigenvalue weighted by Gasteiger charge is 2.08. The maximum atomic E-state index is 5.64. The van der Waals surface area contributed by atoms with E-state index in [1.807, 2.05) is 35.7 Å². The van der Waals surface area contributed by atoms with E-state index in [4.69, 9.17) is 5.73 Å². The highest BCUT2D eigenvalue weighted by atomic mass is 15.0. The maximum absolute atomic E-state index is 5.64. The van der Waals surface area contributed by atoms with Gasteiger partial charge < -0.3 is 5.73 Å². The van der Waals surface area contributed by atoms with E-state index in [0.717, 1.165) is 22.6 Å². The zero-order valence-corrected chi connectivity index (χ0v) is 9.33. The Morgan fingerprint density at radius 3 is 3.00 bits per heavy atom. The quantitative estimate of drug-likeness (QED) is 0.684. The number of pyridine rings is 1. The van der Waals surface area contributed by atoms with E-state index in [1.165, 1.54) is 0 Å². The van der Waals surface area contributed by atoms with E-state index in [1.54, 1.807) is 12.4 Å². The first-order chi connectivity index (χ1) is 8.25. The molecule has 17 heavy (non-hydrogen) atoms. The van der Waals surface area contributed by atoms with Gasteiger partial charge in [0, 0.05) is 18.6 Å². The average molecular weight is 225 g/mol. The second-order valence-corrected chi connectivity index (χ2v) is 3.83. The SMILES string of the molecule is Cc1cnc(N)nc1-c1cccc2nccn12. The predicted octanol–water partition coefficient (Wildman–Crippen LogP) is 1.68. The van der Waals surface area contributed by atoms with Gasteiger partial charge >= 0.3 is 0 Å². The van der Waals surface area contributed by atoms with Gasteiger partial charge in [0.15, 0.2) is 0 Å². The zero-order chi connectivity index (χ0) is 11.8. The Morgan fingerprint density at radius 1 is 1.24 bits per heavy atom. The van der Waals surface area contributed by atoms with Crippen molar-refractivity contribution in [1.82, 2.24) is 19.4 Å². The second-order valence-electron chi connectivity index (χ2n) is 3.83. The van der Waals surface area contributed by atoms with Crippen LogP contribution in [0.5, 0.6) is 0 Å². The summed E-state index contributed by atoms with van der Waals surface area (Å²) in [4.78, 5) is 12.5. The third-order valence-corrected chi connectivity index (χ3v) is 2.66. The molecule has 5 heteroatoms. The Kier molecular flexibility index (Phi) is 2.04. The number of hydrogen-bond donors (Lipinski definition) is 1. The summed E-state index contributed by atoms with van der Waals surface area (Å²) in [6, 6.07) is 5.89. The summed E-state index contributed by atoms with van der Waals surface area (Å²) in [7, 11) is 0. The molecule has 0 fully saturated rings. The van der Waals surface area contributed by atoms with Crippen molar-refractivity contribution < 1.29 is 0 Å². The first-order valence-corrected chi connectivity index (χ1v) is 5.27. The van der Waals surface area contributed by atoms with Gasteiger partial charge in [0.25, 0.3) is 0 Å². The lowest BCUT2D eigenvalue weighted by molar-refractivity contribution is 1.10. The number of aromatic nitrogens is 4. The lowest BCUT2D eigenvalue weighted by Gasteiger charge is -2.07. The highest BCUT2D eigenvalue weighted by Crippen LogP contribution is 2.21. The van der Waals surface area contributed by atoms with Crippen molar-refractivity contribution in [3.05, 3.63) is 42.4 Å². The number of hydrogen-bond acceptors (Lipinski definition) is 4. The van der Waals surface area contributed by atoms with Gasteiger partial charge in [-0.2, -0.15) is 0 Å². The molecule has 0 saturated carbocycles. The smallest absolute Gasteiger partial charge is 0.220 e. The molecule has 0 aliphatic rings. The van der Waals surface area contributed by atoms with Gasteiger partial charge in [-0.15, -0.1) is 0 Å². The minimum Gasteiger partial charge on any atom is -0.368 e. The number of nitrogens with zero attached hydrogens (tertiary/aromatic N) is 4. The fraction of sp³-hybridized carbons (Fsp3) is 0.0833. The maximum Gasteiger partial charge on any atom is 0.220 e. The van der Waals surface area contributed by atoms with E-state index in [9.17, 15) is 0 Å². The Bertz CT molecular complexity index is 686. The molecule has 3 heterocycles. The summed E-state index contributed by atoms with van der Waals surface area (Å²) in [5, 5.41) is 0. The van der Waals surface area contributed by atoms with E-state index in [-0.39, 0.29) is 5.95 Å². The molecule has 0 aromatic carbocycles. The molecule has 3 rings (SSSR count). The normalized spacial score (nSPS) is 10.9. The van der Waals surface area contributed by atoms with Crippen LogP contribution in [-0.4, -0.2) is 19.4 Å². The van der Waals surface area contributed by atoms with E-state index >= 15 is 0 Å². The monoisotopic (exact) mass is 225 g/mol. The number of aryl methyl sites for hydroxylation is 1. The predicted molar refractivity (Wildman–Crippen MR) is 65.4 cm³/mol. The van der Waals surface area contributed by atoms with Crippen molar-refractivity contribution in [2.45, 2.75) is 6.92 Å². The van der Waals surface area contributed by atoms with Crippen molar-refractivity contribution >= 4 is 11.6 Å². The molecule has 3 aromatic heterocycles. The minimum absolute atomic E-state index is 0.280. The molecule has 5 nitrogen and oxygen atoms in total. The number of fused-ring (bicyclic) bond motifs is 1. The van der Waals surface area contributed by atoms with Gasteiger partial charge in [0.05, 0.1) is 11.4 Å². The largest absolute Gasteiger partial charge is 0.368 e. The Morgan fingerprint density at radius 2 is 2.12 bits per heavy atom. The van der Waals surface area contributed by atoms with Gasteiger partial charge in [0.2, 0.25) is 5.95 Å². The Labute approximate surface area is 98.0 Å². The average Bonchev–Trinajstić information content (AvgIpc) is 2.80. The lowest BCUT2D eigenvalue weighted by atomic mass is 10.2. The Balaban J connectivity index is 2.34. The third-order valence-electron chi connectivity index (χ3n) is 2.66. The van der Waals surface area contributed by atoms with Gasteiger partial charge in [-0.05, 0) is 24.6 Å². The van der Waals surface area contributed by atoms with Crippen LogP contribution in [0.1, 0.15) is 5.56 Å². The molecular formula is C12H11N5. The fourth-order valence-electron chi connectivity index (χ4n) is 1.86. The molecule has 84 valence electrons. The molecule has 0 unspecified atom stereocenters. The summed E-state index contributed by atoms with van der Waals surface area (Å²) in [5.74, 6) is 0.280. The van der Waals surface area contributed by atoms with Gasteiger partial charge in [-0.3, -0.25) is 4.40 Å². The summed E-state index contributed by atoms with van der Waals surface area (Å²) in [6.45, 7) is 1.96. The molecule has 0 aliphatic heterocycles. The van der Waals surface area contributed by atoms with Crippen LogP contribution in [0.2, 0.25) is 0 Å². The standard InChI is InChI=1S/C12H11N5/c1-8-7-15-12(13)16-11(8)9-3-2-4-10-14-5-6-17(9)10/h2-7H,1H3,(H2,13,15,16). The first kappa shape index (κ1) is 9.77. The molecule has 0 atom stereocenters. The van der Waals surface area contributed by atoms with Crippen molar-refractivity contribution in [3.8, 4) is 11.4 Å². The van der Waals surface area contributed by atoms with Crippen molar-refractivity contribution in [2.24, 2.45) is 0 Å². The zero-order valence-electron chi connectivity index (χ0n) is 9.33.